The molecule has 1 aliphatic heterocycles. The van der Waals surface area contributed by atoms with E-state index in [0.717, 1.165) is 5.69 Å². The predicted octanol–water partition coefficient (Wildman–Crippen LogP) is 2.62. The van der Waals surface area contributed by atoms with Crippen molar-refractivity contribution in [3.8, 4) is 0 Å². The SMILES string of the molecule is C=CCOC(=O)NC1C=CC(C)N(c2ccccc2)O1. The molecule has 5 nitrogen and oxygen atoms in total. The molecule has 0 radical (unpaired) electrons. The number of para-hydroxylation sites is 1. The molecule has 0 bridgehead atoms. The summed E-state index contributed by atoms with van der Waals surface area (Å²) in [6.07, 6.45) is 4.18. The Hall–Kier alpha value is -2.27. The Kier molecular flexibility index (Phi) is 4.79. The summed E-state index contributed by atoms with van der Waals surface area (Å²) in [6.45, 7) is 5.66. The molecule has 1 amide bonds. The largest absolute Gasteiger partial charge is 0.445 e. The molecule has 0 saturated heterocycles. The molecular formula is C15H18N2O3. The number of hydrogen-bond acceptors (Lipinski definition) is 4. The Bertz CT molecular complexity index is 487. The lowest BCUT2D eigenvalue weighted by Crippen LogP contribution is -2.46. The smallest absolute Gasteiger partial charge is 0.409 e. The molecule has 106 valence electrons. The van der Waals surface area contributed by atoms with Crippen molar-refractivity contribution in [2.45, 2.75) is 19.2 Å². The topological polar surface area (TPSA) is 50.8 Å². The second-order valence-electron chi connectivity index (χ2n) is 4.34. The van der Waals surface area contributed by atoms with Gasteiger partial charge >= 0.3 is 6.09 Å². The number of nitrogens with one attached hydrogen (secondary N) is 1. The van der Waals surface area contributed by atoms with Gasteiger partial charge < -0.3 is 4.74 Å². The number of alkyl carbamates (subject to hydrolysis) is 1. The molecule has 1 aliphatic rings. The van der Waals surface area contributed by atoms with Crippen LogP contribution in [0.3, 0.4) is 0 Å². The van der Waals surface area contributed by atoms with Gasteiger partial charge in [0, 0.05) is 0 Å². The first-order chi connectivity index (χ1) is 9.70. The number of anilines is 1. The number of hydrogen-bond donors (Lipinski definition) is 1. The molecule has 0 aliphatic carbocycles. The van der Waals surface area contributed by atoms with Gasteiger partial charge in [0.25, 0.3) is 0 Å². The number of carbonyl (C=O) groups is 1. The van der Waals surface area contributed by atoms with E-state index in [1.807, 2.05) is 43.3 Å². The van der Waals surface area contributed by atoms with Crippen molar-refractivity contribution in [3.05, 3.63) is 55.1 Å². The van der Waals surface area contributed by atoms with Gasteiger partial charge in [0.05, 0.1) is 11.7 Å². The van der Waals surface area contributed by atoms with Crippen LogP contribution < -0.4 is 10.4 Å². The van der Waals surface area contributed by atoms with Gasteiger partial charge in [0.15, 0.2) is 6.23 Å². The molecule has 0 aromatic heterocycles. The highest BCUT2D eigenvalue weighted by Crippen LogP contribution is 2.21. The molecule has 1 N–H and O–H groups in total. The second-order valence-corrected chi connectivity index (χ2v) is 4.34. The van der Waals surface area contributed by atoms with Gasteiger partial charge in [-0.05, 0) is 25.1 Å². The molecule has 0 saturated carbocycles. The molecule has 1 heterocycles. The fraction of sp³-hybridized carbons (Fsp3) is 0.267. The summed E-state index contributed by atoms with van der Waals surface area (Å²) in [7, 11) is 0. The molecule has 0 spiro atoms. The number of benzene rings is 1. The molecule has 0 fully saturated rings. The van der Waals surface area contributed by atoms with Gasteiger partial charge in [0.2, 0.25) is 0 Å². The highest BCUT2D eigenvalue weighted by Gasteiger charge is 2.23. The Morgan fingerprint density at radius 3 is 2.90 bits per heavy atom. The van der Waals surface area contributed by atoms with Crippen LogP contribution in [0, 0.1) is 0 Å². The third kappa shape index (κ3) is 3.61. The molecule has 5 heteroatoms. The van der Waals surface area contributed by atoms with E-state index < -0.39 is 12.3 Å². The lowest BCUT2D eigenvalue weighted by Gasteiger charge is -2.34. The quantitative estimate of drug-likeness (QED) is 0.857. The monoisotopic (exact) mass is 274 g/mol. The van der Waals surface area contributed by atoms with E-state index in [9.17, 15) is 4.79 Å². The van der Waals surface area contributed by atoms with Crippen molar-refractivity contribution in [1.29, 1.82) is 0 Å². The van der Waals surface area contributed by atoms with E-state index in [2.05, 4.69) is 11.9 Å². The average molecular weight is 274 g/mol. The van der Waals surface area contributed by atoms with Crippen LogP contribution >= 0.6 is 0 Å². The van der Waals surface area contributed by atoms with E-state index in [1.165, 1.54) is 6.08 Å². The van der Waals surface area contributed by atoms with E-state index in [1.54, 1.807) is 11.1 Å². The Balaban J connectivity index is 1.99. The molecule has 2 rings (SSSR count). The third-order valence-corrected chi connectivity index (χ3v) is 2.76. The van der Waals surface area contributed by atoms with Crippen molar-refractivity contribution in [3.63, 3.8) is 0 Å². The Morgan fingerprint density at radius 2 is 2.20 bits per heavy atom. The fourth-order valence-corrected chi connectivity index (χ4v) is 1.83. The Labute approximate surface area is 118 Å². The van der Waals surface area contributed by atoms with Crippen LogP contribution in [0.4, 0.5) is 10.5 Å². The summed E-state index contributed by atoms with van der Waals surface area (Å²) in [4.78, 5) is 17.2. The summed E-state index contributed by atoms with van der Waals surface area (Å²) in [6, 6.07) is 9.79. The van der Waals surface area contributed by atoms with Crippen molar-refractivity contribution in [2.24, 2.45) is 0 Å². The second kappa shape index (κ2) is 6.77. The van der Waals surface area contributed by atoms with Gasteiger partial charge in [-0.25, -0.2) is 14.7 Å². The summed E-state index contributed by atoms with van der Waals surface area (Å²) in [5, 5.41) is 4.36. The number of ether oxygens (including phenoxy) is 1. The first-order valence-corrected chi connectivity index (χ1v) is 6.44. The van der Waals surface area contributed by atoms with Gasteiger partial charge in [-0.2, -0.15) is 0 Å². The number of amides is 1. The maximum atomic E-state index is 11.5. The minimum Gasteiger partial charge on any atom is -0.445 e. The number of carbonyl (C=O) groups excluding carboxylic acids is 1. The average Bonchev–Trinajstić information content (AvgIpc) is 2.48. The normalized spacial score (nSPS) is 21.4. The maximum Gasteiger partial charge on any atom is 0.409 e. The van der Waals surface area contributed by atoms with Crippen LogP contribution in [-0.2, 0) is 9.57 Å². The molecule has 2 unspecified atom stereocenters. The molecule has 1 aromatic rings. The van der Waals surface area contributed by atoms with Gasteiger partial charge in [0.1, 0.15) is 6.61 Å². The van der Waals surface area contributed by atoms with Crippen molar-refractivity contribution in [1.82, 2.24) is 5.32 Å². The van der Waals surface area contributed by atoms with E-state index in [4.69, 9.17) is 9.57 Å². The van der Waals surface area contributed by atoms with Gasteiger partial charge in [-0.1, -0.05) is 36.9 Å². The predicted molar refractivity (Wildman–Crippen MR) is 77.1 cm³/mol. The summed E-state index contributed by atoms with van der Waals surface area (Å²) < 4.78 is 4.86. The van der Waals surface area contributed by atoms with Gasteiger partial charge in [-0.3, -0.25) is 5.32 Å². The molecular weight excluding hydrogens is 256 g/mol. The van der Waals surface area contributed by atoms with Crippen LogP contribution in [0.1, 0.15) is 6.92 Å². The molecule has 1 aromatic carbocycles. The van der Waals surface area contributed by atoms with Crippen LogP contribution in [0.15, 0.2) is 55.1 Å². The van der Waals surface area contributed by atoms with E-state index >= 15 is 0 Å². The fourth-order valence-electron chi connectivity index (χ4n) is 1.83. The Morgan fingerprint density at radius 1 is 1.45 bits per heavy atom. The van der Waals surface area contributed by atoms with Crippen molar-refractivity contribution >= 4 is 11.8 Å². The summed E-state index contributed by atoms with van der Waals surface area (Å²) >= 11 is 0. The van der Waals surface area contributed by atoms with Crippen LogP contribution in [0.5, 0.6) is 0 Å². The van der Waals surface area contributed by atoms with Crippen molar-refractivity contribution in [2.75, 3.05) is 11.7 Å². The zero-order valence-corrected chi connectivity index (χ0v) is 11.4. The van der Waals surface area contributed by atoms with E-state index in [0.29, 0.717) is 0 Å². The lowest BCUT2D eigenvalue weighted by atomic mass is 10.2. The van der Waals surface area contributed by atoms with Crippen LogP contribution in [0.2, 0.25) is 0 Å². The number of rotatable bonds is 4. The molecule has 2 atom stereocenters. The minimum atomic E-state index is -0.552. The van der Waals surface area contributed by atoms with Crippen LogP contribution in [0.25, 0.3) is 0 Å². The third-order valence-electron chi connectivity index (χ3n) is 2.76. The van der Waals surface area contributed by atoms with Crippen LogP contribution in [-0.4, -0.2) is 25.0 Å². The molecule has 20 heavy (non-hydrogen) atoms. The summed E-state index contributed by atoms with van der Waals surface area (Å²) in [5.41, 5.74) is 0.926. The summed E-state index contributed by atoms with van der Waals surface area (Å²) in [5.74, 6) is 0. The first kappa shape index (κ1) is 14.1. The lowest BCUT2D eigenvalue weighted by molar-refractivity contribution is 0.0229. The van der Waals surface area contributed by atoms with Gasteiger partial charge in [-0.15, -0.1) is 0 Å². The first-order valence-electron chi connectivity index (χ1n) is 6.44. The minimum absolute atomic E-state index is 0.0830. The maximum absolute atomic E-state index is 11.5. The zero-order chi connectivity index (χ0) is 14.4. The number of nitrogens with zero attached hydrogens (tertiary/aromatic N) is 1. The highest BCUT2D eigenvalue weighted by molar-refractivity contribution is 5.67. The highest BCUT2D eigenvalue weighted by atomic mass is 16.7. The van der Waals surface area contributed by atoms with E-state index in [-0.39, 0.29) is 12.6 Å². The number of hydroxylamine groups is 1. The van der Waals surface area contributed by atoms with Crippen molar-refractivity contribution < 1.29 is 14.4 Å². The zero-order valence-electron chi connectivity index (χ0n) is 11.4. The standard InChI is InChI=1S/C15H18N2O3/c1-3-11-19-15(18)16-14-10-9-12(2)17(20-14)13-7-5-4-6-8-13/h3-10,12,14H,1,11H2,2H3,(H,16,18).